The highest BCUT2D eigenvalue weighted by Gasteiger charge is 2.36. The Morgan fingerprint density at radius 2 is 1.94 bits per heavy atom. The van der Waals surface area contributed by atoms with Crippen molar-refractivity contribution in [2.24, 2.45) is 0 Å². The molecule has 170 valence electrons. The van der Waals surface area contributed by atoms with Gasteiger partial charge in [-0.1, -0.05) is 11.6 Å². The number of halogens is 1. The van der Waals surface area contributed by atoms with E-state index in [1.54, 1.807) is 38.1 Å². The standard InChI is InChI=1S/C21H21ClN2O7S/c1-3-29-20(27)18-12(23-21(28)24-19(18)14-6-4-11(2)31-14)10-30-17(26)9-5-13(25)15-7-8-16(22)32-15/h4,6-8,19H,3,5,9-10H2,1-2H3,(H2,23,24,28)/t19-/m0/s1. The fourth-order valence-corrected chi connectivity index (χ4v) is 4.04. The van der Waals surface area contributed by atoms with Crippen molar-refractivity contribution in [2.45, 2.75) is 32.7 Å². The topological polar surface area (TPSA) is 124 Å². The number of ether oxygens (including phenoxy) is 2. The van der Waals surface area contributed by atoms with Gasteiger partial charge in [0.05, 0.1) is 33.5 Å². The highest BCUT2D eigenvalue weighted by atomic mass is 35.5. The van der Waals surface area contributed by atoms with Crippen LogP contribution in [0.2, 0.25) is 4.34 Å². The van der Waals surface area contributed by atoms with Crippen molar-refractivity contribution in [3.05, 3.63) is 56.3 Å². The van der Waals surface area contributed by atoms with Crippen LogP contribution in [0.4, 0.5) is 4.79 Å². The number of urea groups is 1. The lowest BCUT2D eigenvalue weighted by atomic mass is 10.0. The van der Waals surface area contributed by atoms with Crippen molar-refractivity contribution in [2.75, 3.05) is 13.2 Å². The molecule has 9 nitrogen and oxygen atoms in total. The van der Waals surface area contributed by atoms with Crippen molar-refractivity contribution in [3.8, 4) is 0 Å². The molecular weight excluding hydrogens is 460 g/mol. The number of amides is 2. The second kappa shape index (κ2) is 10.5. The van der Waals surface area contributed by atoms with Crippen LogP contribution in [0.3, 0.4) is 0 Å². The number of hydrogen-bond donors (Lipinski definition) is 2. The molecule has 1 aliphatic rings. The van der Waals surface area contributed by atoms with Crippen LogP contribution >= 0.6 is 22.9 Å². The summed E-state index contributed by atoms with van der Waals surface area (Å²) in [6, 6.07) is 5.04. The number of rotatable bonds is 9. The first kappa shape index (κ1) is 23.6. The highest BCUT2D eigenvalue weighted by Crippen LogP contribution is 2.29. The summed E-state index contributed by atoms with van der Waals surface area (Å²) in [5, 5.41) is 5.11. The number of nitrogens with one attached hydrogen (secondary N) is 2. The Morgan fingerprint density at radius 3 is 2.56 bits per heavy atom. The molecule has 0 radical (unpaired) electrons. The Kier molecular flexibility index (Phi) is 7.70. The van der Waals surface area contributed by atoms with Crippen molar-refractivity contribution in [3.63, 3.8) is 0 Å². The van der Waals surface area contributed by atoms with Gasteiger partial charge in [0, 0.05) is 6.42 Å². The predicted molar refractivity (Wildman–Crippen MR) is 115 cm³/mol. The number of carbonyl (C=O) groups is 4. The summed E-state index contributed by atoms with van der Waals surface area (Å²) in [7, 11) is 0. The second-order valence-corrected chi connectivity index (χ2v) is 8.50. The number of ketones is 1. The maximum absolute atomic E-state index is 12.6. The molecule has 32 heavy (non-hydrogen) atoms. The van der Waals surface area contributed by atoms with Crippen LogP contribution in [0, 0.1) is 6.92 Å². The lowest BCUT2D eigenvalue weighted by molar-refractivity contribution is -0.143. The Hall–Kier alpha value is -3.11. The second-order valence-electron chi connectivity index (χ2n) is 6.78. The molecule has 1 atom stereocenters. The zero-order valence-corrected chi connectivity index (χ0v) is 18.9. The molecular formula is C21H21ClN2O7S. The van der Waals surface area contributed by atoms with Gasteiger partial charge in [0.15, 0.2) is 5.78 Å². The van der Waals surface area contributed by atoms with Crippen LogP contribution in [0.25, 0.3) is 0 Å². The van der Waals surface area contributed by atoms with Crippen molar-refractivity contribution < 1.29 is 33.1 Å². The lowest BCUT2D eigenvalue weighted by Gasteiger charge is -2.27. The molecule has 0 saturated carbocycles. The van der Waals surface area contributed by atoms with Crippen LogP contribution < -0.4 is 10.6 Å². The van der Waals surface area contributed by atoms with E-state index < -0.39 is 24.0 Å². The van der Waals surface area contributed by atoms with Gasteiger partial charge >= 0.3 is 18.0 Å². The molecule has 3 rings (SSSR count). The quantitative estimate of drug-likeness (QED) is 0.414. The van der Waals surface area contributed by atoms with E-state index in [-0.39, 0.29) is 43.1 Å². The smallest absolute Gasteiger partial charge is 0.338 e. The van der Waals surface area contributed by atoms with Gasteiger partial charge in [0.2, 0.25) is 0 Å². The molecule has 1 aliphatic heterocycles. The summed E-state index contributed by atoms with van der Waals surface area (Å²) in [5.41, 5.74) is 0.147. The van der Waals surface area contributed by atoms with Gasteiger partial charge in [0.25, 0.3) is 0 Å². The first-order valence-corrected chi connectivity index (χ1v) is 11.0. The SMILES string of the molecule is CCOC(=O)C1=C(COC(=O)CCC(=O)c2ccc(Cl)s2)NC(=O)N[C@H]1c1ccc(C)o1. The number of thiophene rings is 1. The Bertz CT molecular complexity index is 1070. The zero-order valence-electron chi connectivity index (χ0n) is 17.4. The van der Waals surface area contributed by atoms with E-state index in [4.69, 9.17) is 25.5 Å². The monoisotopic (exact) mass is 480 g/mol. The first-order chi connectivity index (χ1) is 15.3. The Balaban J connectivity index is 1.71. The minimum absolute atomic E-state index is 0.0539. The van der Waals surface area contributed by atoms with Crippen molar-refractivity contribution >= 4 is 46.7 Å². The summed E-state index contributed by atoms with van der Waals surface area (Å²) in [5.74, 6) is -0.636. The van der Waals surface area contributed by atoms with Crippen LogP contribution in [-0.2, 0) is 19.1 Å². The summed E-state index contributed by atoms with van der Waals surface area (Å²) >= 11 is 6.95. The predicted octanol–water partition coefficient (Wildman–Crippen LogP) is 3.68. The maximum atomic E-state index is 12.6. The van der Waals surface area contributed by atoms with E-state index in [2.05, 4.69) is 10.6 Å². The van der Waals surface area contributed by atoms with Gasteiger partial charge in [-0.05, 0) is 38.1 Å². The summed E-state index contributed by atoms with van der Waals surface area (Å²) in [4.78, 5) is 49.5. The van der Waals surface area contributed by atoms with Gasteiger partial charge < -0.3 is 24.5 Å². The van der Waals surface area contributed by atoms with Gasteiger partial charge in [0.1, 0.15) is 24.2 Å². The molecule has 2 aromatic rings. The molecule has 0 aliphatic carbocycles. The third-order valence-electron chi connectivity index (χ3n) is 4.48. The average molecular weight is 481 g/mol. The molecule has 11 heteroatoms. The third kappa shape index (κ3) is 5.77. The average Bonchev–Trinajstić information content (AvgIpc) is 3.38. The molecule has 0 aromatic carbocycles. The van der Waals surface area contributed by atoms with Crippen LogP contribution in [0.1, 0.15) is 47.0 Å². The van der Waals surface area contributed by atoms with Gasteiger partial charge in [-0.2, -0.15) is 0 Å². The normalized spacial score (nSPS) is 15.7. The maximum Gasteiger partial charge on any atom is 0.338 e. The Morgan fingerprint density at radius 1 is 1.16 bits per heavy atom. The minimum atomic E-state index is -0.907. The molecule has 0 saturated heterocycles. The van der Waals surface area contributed by atoms with E-state index in [1.807, 2.05) is 0 Å². The van der Waals surface area contributed by atoms with Crippen molar-refractivity contribution in [1.29, 1.82) is 0 Å². The molecule has 0 spiro atoms. The fraction of sp³-hybridized carbons (Fsp3) is 0.333. The van der Waals surface area contributed by atoms with E-state index in [0.29, 0.717) is 20.7 Å². The van der Waals surface area contributed by atoms with Crippen LogP contribution in [0.5, 0.6) is 0 Å². The van der Waals surface area contributed by atoms with Gasteiger partial charge in [-0.25, -0.2) is 9.59 Å². The molecule has 2 aromatic heterocycles. The highest BCUT2D eigenvalue weighted by molar-refractivity contribution is 7.18. The molecule has 0 unspecified atom stereocenters. The number of aryl methyl sites for hydroxylation is 1. The van der Waals surface area contributed by atoms with E-state index in [0.717, 1.165) is 11.3 Å². The molecule has 2 N–H and O–H groups in total. The minimum Gasteiger partial charge on any atom is -0.464 e. The summed E-state index contributed by atoms with van der Waals surface area (Å²) < 4.78 is 16.4. The number of hydrogen-bond acceptors (Lipinski definition) is 8. The van der Waals surface area contributed by atoms with Gasteiger partial charge in [-0.3, -0.25) is 9.59 Å². The number of carbonyl (C=O) groups excluding carboxylic acids is 4. The third-order valence-corrected chi connectivity index (χ3v) is 5.75. The zero-order chi connectivity index (χ0) is 23.3. The van der Waals surface area contributed by atoms with Crippen molar-refractivity contribution in [1.82, 2.24) is 10.6 Å². The van der Waals surface area contributed by atoms with E-state index >= 15 is 0 Å². The van der Waals surface area contributed by atoms with E-state index in [1.165, 1.54) is 0 Å². The summed E-state index contributed by atoms with van der Waals surface area (Å²) in [6.07, 6.45) is -0.217. The lowest BCUT2D eigenvalue weighted by Crippen LogP contribution is -2.47. The molecule has 0 fully saturated rings. The molecule has 3 heterocycles. The first-order valence-electron chi connectivity index (χ1n) is 9.76. The number of esters is 2. The summed E-state index contributed by atoms with van der Waals surface area (Å²) in [6.45, 7) is 3.11. The number of Topliss-reactive ketones (excluding diaryl/α,β-unsaturated/α-hetero) is 1. The van der Waals surface area contributed by atoms with Gasteiger partial charge in [-0.15, -0.1) is 11.3 Å². The molecule has 0 bridgehead atoms. The Labute approximate surface area is 192 Å². The molecule has 2 amide bonds. The van der Waals surface area contributed by atoms with E-state index in [9.17, 15) is 19.2 Å². The van der Waals surface area contributed by atoms with Crippen LogP contribution in [0.15, 0.2) is 40.0 Å². The largest absolute Gasteiger partial charge is 0.464 e. The fourth-order valence-electron chi connectivity index (χ4n) is 3.03. The number of furan rings is 1. The van der Waals surface area contributed by atoms with Crippen LogP contribution in [-0.4, -0.2) is 37.0 Å².